The van der Waals surface area contributed by atoms with E-state index in [2.05, 4.69) is 5.32 Å². The molecule has 0 aromatic heterocycles. The Kier molecular flexibility index (Phi) is 5.65. The molecule has 0 radical (unpaired) electrons. The summed E-state index contributed by atoms with van der Waals surface area (Å²) in [5.74, 6) is 0.320. The third kappa shape index (κ3) is 5.06. The molecule has 0 unspecified atom stereocenters. The third-order valence-electron chi connectivity index (χ3n) is 2.89. The lowest BCUT2D eigenvalue weighted by atomic mass is 10.2. The van der Waals surface area contributed by atoms with E-state index in [9.17, 15) is 9.18 Å². The zero-order chi connectivity index (χ0) is 15.2. The first-order valence-electron chi connectivity index (χ1n) is 6.49. The van der Waals surface area contributed by atoms with Crippen LogP contribution in [0.4, 0.5) is 10.1 Å². The van der Waals surface area contributed by atoms with Crippen LogP contribution in [-0.4, -0.2) is 11.7 Å². The second kappa shape index (κ2) is 7.48. The van der Waals surface area contributed by atoms with Crippen LogP contribution < -0.4 is 5.32 Å². The molecule has 2 nitrogen and oxygen atoms in total. The average molecular weight is 324 g/mol. The number of anilines is 1. The molecule has 21 heavy (non-hydrogen) atoms. The van der Waals surface area contributed by atoms with Gasteiger partial charge in [0.05, 0.1) is 0 Å². The maximum atomic E-state index is 12.8. The maximum Gasteiger partial charge on any atom is 0.225 e. The number of carbonyl (C=O) groups is 1. The fourth-order valence-electron chi connectivity index (χ4n) is 1.73. The largest absolute Gasteiger partial charge is 0.326 e. The van der Waals surface area contributed by atoms with Crippen molar-refractivity contribution in [2.75, 3.05) is 11.1 Å². The predicted molar refractivity (Wildman–Crippen MR) is 86.6 cm³/mol. The Balaban J connectivity index is 1.82. The van der Waals surface area contributed by atoms with E-state index >= 15 is 0 Å². The zero-order valence-corrected chi connectivity index (χ0v) is 13.1. The molecule has 0 aliphatic rings. The Hall–Kier alpha value is -1.52. The lowest BCUT2D eigenvalue weighted by Gasteiger charge is -2.08. The Labute approximate surface area is 132 Å². The molecule has 0 aliphatic heterocycles. The van der Waals surface area contributed by atoms with E-state index in [0.29, 0.717) is 17.2 Å². The molecule has 1 N–H and O–H groups in total. The summed E-state index contributed by atoms with van der Waals surface area (Å²) < 4.78 is 12.8. The molecule has 0 spiro atoms. The fraction of sp³-hybridized carbons (Fsp3) is 0.188. The Morgan fingerprint density at radius 1 is 1.24 bits per heavy atom. The number of hydrogen-bond acceptors (Lipinski definition) is 2. The molecule has 5 heteroatoms. The number of aryl methyl sites for hydroxylation is 1. The standard InChI is InChI=1S/C16H15ClFNOS/c1-11-2-3-12(17)10-15(11)19-16(20)8-9-21-14-6-4-13(18)5-7-14/h2-7,10H,8-9H2,1H3,(H,19,20). The van der Waals surface area contributed by atoms with Gasteiger partial charge in [0.15, 0.2) is 0 Å². The first-order valence-corrected chi connectivity index (χ1v) is 7.85. The summed E-state index contributed by atoms with van der Waals surface area (Å²) in [7, 11) is 0. The highest BCUT2D eigenvalue weighted by atomic mass is 35.5. The Bertz CT molecular complexity index is 631. The van der Waals surface area contributed by atoms with E-state index in [4.69, 9.17) is 11.6 Å². The van der Waals surface area contributed by atoms with E-state index in [0.717, 1.165) is 16.1 Å². The normalized spacial score (nSPS) is 10.4. The molecule has 110 valence electrons. The Morgan fingerprint density at radius 3 is 2.67 bits per heavy atom. The second-order valence-corrected chi connectivity index (χ2v) is 6.16. The van der Waals surface area contributed by atoms with Gasteiger partial charge in [0.2, 0.25) is 5.91 Å². The summed E-state index contributed by atoms with van der Waals surface area (Å²) in [4.78, 5) is 12.8. The predicted octanol–water partition coefficient (Wildman–Crippen LogP) is 4.91. The van der Waals surface area contributed by atoms with Crippen molar-refractivity contribution in [2.24, 2.45) is 0 Å². The molecular weight excluding hydrogens is 309 g/mol. The number of carbonyl (C=O) groups excluding carboxylic acids is 1. The summed E-state index contributed by atoms with van der Waals surface area (Å²) >= 11 is 7.43. The van der Waals surface area contributed by atoms with Crippen molar-refractivity contribution >= 4 is 35.0 Å². The molecule has 2 rings (SSSR count). The molecule has 0 atom stereocenters. The van der Waals surface area contributed by atoms with Crippen molar-refractivity contribution < 1.29 is 9.18 Å². The van der Waals surface area contributed by atoms with Gasteiger partial charge in [-0.3, -0.25) is 4.79 Å². The maximum absolute atomic E-state index is 12.8. The number of amides is 1. The van der Waals surface area contributed by atoms with Gasteiger partial charge in [-0.05, 0) is 48.9 Å². The van der Waals surface area contributed by atoms with Crippen molar-refractivity contribution in [1.29, 1.82) is 0 Å². The first kappa shape index (κ1) is 15.9. The highest BCUT2D eigenvalue weighted by Gasteiger charge is 2.06. The summed E-state index contributed by atoms with van der Waals surface area (Å²) in [5, 5.41) is 3.44. The molecule has 0 bridgehead atoms. The molecule has 0 fully saturated rings. The number of benzene rings is 2. The molecule has 0 aliphatic carbocycles. The lowest BCUT2D eigenvalue weighted by molar-refractivity contribution is -0.115. The van der Waals surface area contributed by atoms with Crippen LogP contribution >= 0.6 is 23.4 Å². The average Bonchev–Trinajstić information content (AvgIpc) is 2.45. The summed E-state index contributed by atoms with van der Waals surface area (Å²) in [5.41, 5.74) is 1.71. The highest BCUT2D eigenvalue weighted by Crippen LogP contribution is 2.22. The third-order valence-corrected chi connectivity index (χ3v) is 4.13. The molecule has 2 aromatic carbocycles. The van der Waals surface area contributed by atoms with Crippen LogP contribution in [0.15, 0.2) is 47.4 Å². The Morgan fingerprint density at radius 2 is 1.95 bits per heavy atom. The zero-order valence-electron chi connectivity index (χ0n) is 11.5. The molecule has 2 aromatic rings. The molecule has 0 saturated carbocycles. The van der Waals surface area contributed by atoms with E-state index in [1.807, 2.05) is 13.0 Å². The number of nitrogens with one attached hydrogen (secondary N) is 1. The van der Waals surface area contributed by atoms with Crippen molar-refractivity contribution in [3.05, 3.63) is 58.9 Å². The second-order valence-electron chi connectivity index (χ2n) is 4.56. The van der Waals surface area contributed by atoms with Crippen LogP contribution in [0.1, 0.15) is 12.0 Å². The van der Waals surface area contributed by atoms with Crippen LogP contribution in [0.5, 0.6) is 0 Å². The van der Waals surface area contributed by atoms with Crippen molar-refractivity contribution in [1.82, 2.24) is 0 Å². The van der Waals surface area contributed by atoms with Gasteiger partial charge in [0, 0.05) is 27.8 Å². The lowest BCUT2D eigenvalue weighted by Crippen LogP contribution is -2.13. The molecular formula is C16H15ClFNOS. The van der Waals surface area contributed by atoms with Gasteiger partial charge in [-0.1, -0.05) is 17.7 Å². The summed E-state index contributed by atoms with van der Waals surface area (Å²) in [6, 6.07) is 11.6. The SMILES string of the molecule is Cc1ccc(Cl)cc1NC(=O)CCSc1ccc(F)cc1. The monoisotopic (exact) mass is 323 g/mol. The fourth-order valence-corrected chi connectivity index (χ4v) is 2.76. The number of thioether (sulfide) groups is 1. The number of rotatable bonds is 5. The van der Waals surface area contributed by atoms with Gasteiger partial charge in [0.1, 0.15) is 5.82 Å². The topological polar surface area (TPSA) is 29.1 Å². The van der Waals surface area contributed by atoms with Gasteiger partial charge in [-0.2, -0.15) is 0 Å². The van der Waals surface area contributed by atoms with Crippen molar-refractivity contribution in [2.45, 2.75) is 18.2 Å². The minimum absolute atomic E-state index is 0.0602. The van der Waals surface area contributed by atoms with Crippen LogP contribution in [-0.2, 0) is 4.79 Å². The molecule has 1 amide bonds. The van der Waals surface area contributed by atoms with E-state index in [1.54, 1.807) is 24.3 Å². The van der Waals surface area contributed by atoms with Crippen LogP contribution in [0.2, 0.25) is 5.02 Å². The highest BCUT2D eigenvalue weighted by molar-refractivity contribution is 7.99. The smallest absolute Gasteiger partial charge is 0.225 e. The van der Waals surface area contributed by atoms with Gasteiger partial charge in [0.25, 0.3) is 0 Å². The van der Waals surface area contributed by atoms with Crippen LogP contribution in [0.25, 0.3) is 0 Å². The number of halogens is 2. The molecule has 0 saturated heterocycles. The quantitative estimate of drug-likeness (QED) is 0.792. The number of hydrogen-bond donors (Lipinski definition) is 1. The minimum Gasteiger partial charge on any atom is -0.326 e. The summed E-state index contributed by atoms with van der Waals surface area (Å²) in [6.07, 6.45) is 0.383. The minimum atomic E-state index is -0.256. The van der Waals surface area contributed by atoms with Crippen molar-refractivity contribution in [3.63, 3.8) is 0 Å². The molecule has 0 heterocycles. The van der Waals surface area contributed by atoms with E-state index < -0.39 is 0 Å². The van der Waals surface area contributed by atoms with Gasteiger partial charge in [-0.15, -0.1) is 11.8 Å². The first-order chi connectivity index (χ1) is 10.0. The van der Waals surface area contributed by atoms with Crippen LogP contribution in [0, 0.1) is 12.7 Å². The summed E-state index contributed by atoms with van der Waals surface area (Å²) in [6.45, 7) is 1.92. The van der Waals surface area contributed by atoms with E-state index in [1.165, 1.54) is 23.9 Å². The van der Waals surface area contributed by atoms with Crippen LogP contribution in [0.3, 0.4) is 0 Å². The van der Waals surface area contributed by atoms with Gasteiger partial charge >= 0.3 is 0 Å². The van der Waals surface area contributed by atoms with Gasteiger partial charge < -0.3 is 5.32 Å². The van der Waals surface area contributed by atoms with E-state index in [-0.39, 0.29) is 11.7 Å². The van der Waals surface area contributed by atoms with Gasteiger partial charge in [-0.25, -0.2) is 4.39 Å². The van der Waals surface area contributed by atoms with Crippen molar-refractivity contribution in [3.8, 4) is 0 Å².